The van der Waals surface area contributed by atoms with Crippen LogP contribution in [0.25, 0.3) is 0 Å². The molecule has 17 nitrogen and oxygen atoms in total. The maximum atomic E-state index is 12.0. The molecule has 562 valence electrons. The Morgan fingerprint density at radius 2 is 0.602 bits per heavy atom. The van der Waals surface area contributed by atoms with Crippen LogP contribution in [0.4, 0.5) is 28.4 Å². The van der Waals surface area contributed by atoms with Crippen LogP contribution >= 0.6 is 0 Å². The third-order valence-corrected chi connectivity index (χ3v) is 24.0. The highest BCUT2D eigenvalue weighted by atomic mass is 32.2. The monoisotopic (exact) mass is 1470 g/mol. The van der Waals surface area contributed by atoms with Gasteiger partial charge in [0.1, 0.15) is 0 Å². The van der Waals surface area contributed by atoms with Gasteiger partial charge in [0, 0.05) is 74.1 Å². The van der Waals surface area contributed by atoms with Crippen LogP contribution in [-0.4, -0.2) is 126 Å². The molecule has 0 spiro atoms. The van der Waals surface area contributed by atoms with E-state index in [2.05, 4.69) is 102 Å². The molecule has 0 unspecified atom stereocenters. The van der Waals surface area contributed by atoms with Gasteiger partial charge in [-0.05, 0) is 224 Å². The minimum absolute atomic E-state index is 0.181. The third-order valence-electron chi connectivity index (χ3n) is 13.2. The molecule has 2 saturated heterocycles. The summed E-state index contributed by atoms with van der Waals surface area (Å²) >= 11 is 0. The van der Waals surface area contributed by atoms with Crippen molar-refractivity contribution >= 4 is 83.5 Å². The maximum Gasteiger partial charge on any atom is 0.221 e. The first-order valence-electron chi connectivity index (χ1n) is 35.3. The number of amides is 1. The van der Waals surface area contributed by atoms with Crippen molar-refractivity contribution in [1.82, 2.24) is 0 Å². The lowest BCUT2D eigenvalue weighted by Gasteiger charge is -2.28. The Hall–Kier alpha value is -5.52. The van der Waals surface area contributed by atoms with Crippen molar-refractivity contribution in [3.05, 3.63) is 121 Å². The fourth-order valence-electron chi connectivity index (χ4n) is 7.89. The molecule has 0 saturated carbocycles. The highest BCUT2D eigenvalue weighted by molar-refractivity contribution is 7.93. The van der Waals surface area contributed by atoms with Gasteiger partial charge in [-0.3, -0.25) is 4.79 Å². The number of carbonyl (C=O) groups excluding carboxylic acids is 1. The van der Waals surface area contributed by atoms with Crippen LogP contribution in [0.5, 0.6) is 0 Å². The summed E-state index contributed by atoms with van der Waals surface area (Å²) in [5.41, 5.74) is 4.68. The predicted octanol–water partition coefficient (Wildman–Crippen LogP) is 18.5. The number of nitrogens with zero attached hydrogens (tertiary/aromatic N) is 2. The lowest BCUT2D eigenvalue weighted by atomic mass is 10.2. The third kappa shape index (κ3) is 37.2. The first kappa shape index (κ1) is 96.7. The normalized spacial score (nSPS) is 12.8. The minimum atomic E-state index is -3.23. The average molecular weight is 1470 g/mol. The molecular formula is C76H131N5O12S5. The van der Waals surface area contributed by atoms with Gasteiger partial charge in [0.05, 0.1) is 63.9 Å². The van der Waals surface area contributed by atoms with Crippen molar-refractivity contribution in [2.24, 2.45) is 0 Å². The summed E-state index contributed by atoms with van der Waals surface area (Å²) in [5.74, 6) is -0.181. The summed E-state index contributed by atoms with van der Waals surface area (Å²) in [6.07, 6.45) is 9.75. The molecule has 5 aromatic rings. The second-order valence-electron chi connectivity index (χ2n) is 25.3. The van der Waals surface area contributed by atoms with Crippen molar-refractivity contribution in [3.8, 4) is 0 Å². The summed E-state index contributed by atoms with van der Waals surface area (Å²) < 4.78 is 124. The summed E-state index contributed by atoms with van der Waals surface area (Å²) in [7, 11) is -15.8. The highest BCUT2D eigenvalue weighted by Gasteiger charge is 2.23. The molecule has 2 fully saturated rings. The number of hydrogen-bond acceptors (Lipinski definition) is 16. The van der Waals surface area contributed by atoms with Gasteiger partial charge in [-0.1, -0.05) is 108 Å². The van der Waals surface area contributed by atoms with Gasteiger partial charge in [-0.15, -0.1) is 0 Å². The summed E-state index contributed by atoms with van der Waals surface area (Å²) in [6.45, 7) is 51.9. The smallest absolute Gasteiger partial charge is 0.221 e. The quantitative estimate of drug-likeness (QED) is 0.0739. The number of benzene rings is 5. The topological polar surface area (TPSA) is 240 Å². The van der Waals surface area contributed by atoms with E-state index in [1.165, 1.54) is 64.0 Å². The largest absolute Gasteiger partial charge is 0.385 e. The van der Waals surface area contributed by atoms with Gasteiger partial charge in [0.2, 0.25) is 5.91 Å². The molecule has 2 aliphatic rings. The summed E-state index contributed by atoms with van der Waals surface area (Å²) in [6, 6.07) is 34.8. The molecule has 2 heterocycles. The molecule has 3 N–H and O–H groups in total. The molecule has 22 heteroatoms. The molecule has 0 bridgehead atoms. The van der Waals surface area contributed by atoms with E-state index in [0.29, 0.717) is 31.3 Å². The van der Waals surface area contributed by atoms with Gasteiger partial charge in [0.25, 0.3) is 0 Å². The van der Waals surface area contributed by atoms with Crippen molar-refractivity contribution in [3.63, 3.8) is 0 Å². The van der Waals surface area contributed by atoms with Crippen LogP contribution in [0.3, 0.4) is 0 Å². The lowest BCUT2D eigenvalue weighted by Crippen LogP contribution is -2.36. The van der Waals surface area contributed by atoms with Crippen molar-refractivity contribution < 1.29 is 51.6 Å². The van der Waals surface area contributed by atoms with Gasteiger partial charge < -0.3 is 30.5 Å². The predicted molar refractivity (Wildman–Crippen MR) is 420 cm³/mol. The molecule has 0 atom stereocenters. The lowest BCUT2D eigenvalue weighted by molar-refractivity contribution is -0.114. The Morgan fingerprint density at radius 1 is 0.367 bits per heavy atom. The summed E-state index contributed by atoms with van der Waals surface area (Å²) in [5, 5.41) is 7.06. The Labute approximate surface area is 598 Å². The average Bonchev–Trinajstić information content (AvgIpc) is 0.946. The Morgan fingerprint density at radius 3 is 0.837 bits per heavy atom. The Kier molecular flexibility index (Phi) is 50.9. The molecule has 1 amide bonds. The maximum absolute atomic E-state index is 12.0. The highest BCUT2D eigenvalue weighted by Crippen LogP contribution is 2.26. The molecule has 0 aliphatic carbocycles. The number of carbonyl (C=O) groups is 1. The second kappa shape index (κ2) is 51.6. The van der Waals surface area contributed by atoms with Crippen molar-refractivity contribution in [2.75, 3.05) is 71.7 Å². The molecule has 0 aromatic heterocycles. The number of rotatable bonds is 18. The number of morpholine rings is 1. The summed E-state index contributed by atoms with van der Waals surface area (Å²) in [4.78, 5) is 17.2. The number of nitrogens with one attached hydrogen (secondary N) is 3. The van der Waals surface area contributed by atoms with E-state index in [1.54, 1.807) is 142 Å². The van der Waals surface area contributed by atoms with Crippen molar-refractivity contribution in [2.45, 2.75) is 274 Å². The molecule has 0 radical (unpaired) electrons. The van der Waals surface area contributed by atoms with E-state index in [1.807, 2.05) is 50.2 Å². The van der Waals surface area contributed by atoms with Gasteiger partial charge in [-0.2, -0.15) is 0 Å². The molecule has 7 rings (SSSR count). The second-order valence-corrected chi connectivity index (χ2v) is 37.8. The molecular weight excluding hydrogens is 1340 g/mol. The zero-order valence-corrected chi connectivity index (χ0v) is 68.5. The molecule has 98 heavy (non-hydrogen) atoms. The zero-order valence-electron chi connectivity index (χ0n) is 64.5. The first-order chi connectivity index (χ1) is 45.8. The number of sulfone groups is 5. The number of anilines is 5. The fourth-order valence-corrected chi connectivity index (χ4v) is 13.2. The number of hydrogen-bond donors (Lipinski definition) is 3. The van der Waals surface area contributed by atoms with Crippen LogP contribution < -0.4 is 25.8 Å². The standard InChI is InChI=1S/C13H19NO3S.C13H19NO2S.2C12H19NO2S.C11H15NO3S.5C3H8/c1-11(2)18(15,16)13-5-3-12(4-6-13)14-7-9-17-10-8-14;1-11(2)17(15,16)13-7-5-12(6-8-13)14-9-3-4-10-14;1-9(2)13-11-5-7-12(8-6-11)16(14,15)10(3)4;1-4-9-13-11-5-7-12(8-6-11)16(14,15)10(2)3;1-8(2)16(14,15)11-6-4-10(5-7-11)12-9(3)13;5*1-3-2/h3-6,11H,7-10H2,1-2H3;5-8,11H,3-4,9-10H2,1-2H3;5-10,13H,1-4H3;5-8,10,13H,4,9H2,1-3H3;4-8H,1-3H3,(H,12,13);5*3H2,1-2H3. The van der Waals surface area contributed by atoms with E-state index < -0.39 is 54.4 Å². The number of ether oxygens (including phenoxy) is 1. The van der Waals surface area contributed by atoms with Crippen LogP contribution in [0.2, 0.25) is 0 Å². The van der Waals surface area contributed by atoms with Crippen molar-refractivity contribution in [1.29, 1.82) is 0 Å². The first-order valence-corrected chi connectivity index (χ1v) is 43.0. The van der Waals surface area contributed by atoms with Gasteiger partial charge in [0.15, 0.2) is 49.2 Å². The van der Waals surface area contributed by atoms with E-state index in [4.69, 9.17) is 4.74 Å². The zero-order chi connectivity index (χ0) is 76.0. The van der Waals surface area contributed by atoms with Crippen LogP contribution in [-0.2, 0) is 58.7 Å². The van der Waals surface area contributed by atoms with E-state index in [-0.39, 0.29) is 31.8 Å². The fraction of sp³-hybridized carbons (Fsp3) is 0.592. The van der Waals surface area contributed by atoms with Crippen LogP contribution in [0.1, 0.15) is 218 Å². The minimum Gasteiger partial charge on any atom is -0.385 e. The van der Waals surface area contributed by atoms with Crippen LogP contribution in [0.15, 0.2) is 146 Å². The van der Waals surface area contributed by atoms with Gasteiger partial charge in [-0.25, -0.2) is 42.1 Å². The van der Waals surface area contributed by atoms with E-state index in [0.717, 1.165) is 75.1 Å². The molecule has 2 aliphatic heterocycles. The van der Waals surface area contributed by atoms with Crippen LogP contribution in [0, 0.1) is 0 Å². The Bertz CT molecular complexity index is 3430. The molecule has 5 aromatic carbocycles. The SMILES string of the molecule is CC(=O)Nc1ccc(S(=O)(=O)C(C)C)cc1.CC(C)Nc1ccc(S(=O)(=O)C(C)C)cc1.CC(C)S(=O)(=O)c1ccc(N2CCCC2)cc1.CC(C)S(=O)(=O)c1ccc(N2CCOCC2)cc1.CCC.CCC.CCC.CCC.CCC.CCCNc1ccc(S(=O)(=O)C(C)C)cc1. The van der Waals surface area contributed by atoms with E-state index in [9.17, 15) is 46.9 Å². The van der Waals surface area contributed by atoms with E-state index >= 15 is 0 Å². The Balaban J connectivity index is -0.00000109. The van der Waals surface area contributed by atoms with Gasteiger partial charge >= 0.3 is 0 Å².